The minimum Gasteiger partial charge on any atom is -0.301 e. The lowest BCUT2D eigenvalue weighted by molar-refractivity contribution is -0.113. The summed E-state index contributed by atoms with van der Waals surface area (Å²) in [5.74, 6) is 0.279. The highest BCUT2D eigenvalue weighted by Gasteiger charge is 2.11. The smallest absolute Gasteiger partial charge is 0.236 e. The van der Waals surface area contributed by atoms with Crippen molar-refractivity contribution < 1.29 is 4.79 Å². The number of aromatic nitrogens is 2. The summed E-state index contributed by atoms with van der Waals surface area (Å²) in [6.07, 6.45) is 0.895. The first-order valence-corrected chi connectivity index (χ1v) is 9.62. The zero-order chi connectivity index (χ0) is 17.1. The fourth-order valence-corrected chi connectivity index (χ4v) is 4.06. The van der Waals surface area contributed by atoms with Crippen molar-refractivity contribution in [2.45, 2.75) is 32.2 Å². The van der Waals surface area contributed by atoms with Crippen LogP contribution >= 0.6 is 23.1 Å². The van der Waals surface area contributed by atoms with Crippen LogP contribution in [0.25, 0.3) is 10.9 Å². The second-order valence-corrected chi connectivity index (χ2v) is 7.66. The lowest BCUT2D eigenvalue weighted by atomic mass is 10.1. The number of thiazole rings is 1. The van der Waals surface area contributed by atoms with Crippen molar-refractivity contribution in [3.63, 3.8) is 0 Å². The molecule has 0 aliphatic rings. The maximum Gasteiger partial charge on any atom is 0.236 e. The Hall–Kier alpha value is -1.92. The summed E-state index contributed by atoms with van der Waals surface area (Å²) in [6, 6.07) is 10.2. The molecule has 2 heterocycles. The predicted octanol–water partition coefficient (Wildman–Crippen LogP) is 4.60. The predicted molar refractivity (Wildman–Crippen MR) is 102 cm³/mol. The number of amides is 1. The number of benzene rings is 1. The van der Waals surface area contributed by atoms with Crippen molar-refractivity contribution in [1.29, 1.82) is 0 Å². The van der Waals surface area contributed by atoms with Gasteiger partial charge in [-0.2, -0.15) is 0 Å². The number of aryl methyl sites for hydroxylation is 3. The zero-order valence-corrected chi connectivity index (χ0v) is 15.6. The van der Waals surface area contributed by atoms with Gasteiger partial charge in [0.25, 0.3) is 0 Å². The molecule has 1 amide bonds. The van der Waals surface area contributed by atoms with Crippen LogP contribution in [0, 0.1) is 13.8 Å². The molecule has 6 heteroatoms. The number of carbonyl (C=O) groups excluding carboxylic acids is 1. The highest BCUT2D eigenvalue weighted by atomic mass is 32.2. The first-order valence-electron chi connectivity index (χ1n) is 7.82. The molecule has 0 bridgehead atoms. The molecule has 3 rings (SSSR count). The summed E-state index contributed by atoms with van der Waals surface area (Å²) in [6.45, 7) is 6.06. The van der Waals surface area contributed by atoms with Crippen LogP contribution in [-0.4, -0.2) is 21.6 Å². The molecule has 0 aliphatic heterocycles. The SMILES string of the molecule is CCc1cc2ccccc2nc1SCC(=O)Nc1nc(C)c(C)s1. The van der Waals surface area contributed by atoms with Gasteiger partial charge in [-0.3, -0.25) is 4.79 Å². The number of rotatable bonds is 5. The highest BCUT2D eigenvalue weighted by Crippen LogP contribution is 2.26. The molecular weight excluding hydrogens is 338 g/mol. The fraction of sp³-hybridized carbons (Fsp3) is 0.278. The van der Waals surface area contributed by atoms with Gasteiger partial charge in [-0.25, -0.2) is 9.97 Å². The Labute approximate surface area is 149 Å². The second kappa shape index (κ2) is 7.32. The van der Waals surface area contributed by atoms with Gasteiger partial charge in [-0.1, -0.05) is 36.9 Å². The van der Waals surface area contributed by atoms with Crippen molar-refractivity contribution in [1.82, 2.24) is 9.97 Å². The number of para-hydroxylation sites is 1. The second-order valence-electron chi connectivity index (χ2n) is 5.50. The van der Waals surface area contributed by atoms with E-state index in [4.69, 9.17) is 4.98 Å². The number of nitrogens with zero attached hydrogens (tertiary/aromatic N) is 2. The van der Waals surface area contributed by atoms with Gasteiger partial charge in [0.1, 0.15) is 5.03 Å². The van der Waals surface area contributed by atoms with E-state index < -0.39 is 0 Å². The van der Waals surface area contributed by atoms with E-state index in [-0.39, 0.29) is 5.91 Å². The summed E-state index contributed by atoms with van der Waals surface area (Å²) in [4.78, 5) is 22.4. The van der Waals surface area contributed by atoms with Crippen LogP contribution in [0.5, 0.6) is 0 Å². The van der Waals surface area contributed by atoms with E-state index in [1.165, 1.54) is 28.7 Å². The summed E-state index contributed by atoms with van der Waals surface area (Å²) < 4.78 is 0. The molecule has 0 atom stereocenters. The fourth-order valence-electron chi connectivity index (χ4n) is 2.34. The van der Waals surface area contributed by atoms with Crippen LogP contribution in [0.2, 0.25) is 0 Å². The molecule has 124 valence electrons. The van der Waals surface area contributed by atoms with Gasteiger partial charge in [0.05, 0.1) is 17.0 Å². The molecule has 4 nitrogen and oxygen atoms in total. The highest BCUT2D eigenvalue weighted by molar-refractivity contribution is 8.00. The van der Waals surface area contributed by atoms with Crippen LogP contribution in [0.15, 0.2) is 35.4 Å². The van der Waals surface area contributed by atoms with Gasteiger partial charge in [0.15, 0.2) is 5.13 Å². The van der Waals surface area contributed by atoms with E-state index in [2.05, 4.69) is 29.4 Å². The summed E-state index contributed by atoms with van der Waals surface area (Å²) >= 11 is 2.98. The van der Waals surface area contributed by atoms with Crippen LogP contribution in [0.4, 0.5) is 5.13 Å². The van der Waals surface area contributed by atoms with Crippen LogP contribution in [0.3, 0.4) is 0 Å². The van der Waals surface area contributed by atoms with Crippen molar-refractivity contribution in [2.75, 3.05) is 11.1 Å². The third-order valence-corrected chi connectivity index (χ3v) is 5.78. The average Bonchev–Trinajstić information content (AvgIpc) is 2.89. The Bertz CT molecular complexity index is 870. The molecule has 0 fully saturated rings. The lowest BCUT2D eigenvalue weighted by Crippen LogP contribution is -2.14. The third kappa shape index (κ3) is 3.76. The Balaban J connectivity index is 1.71. The molecular formula is C18H19N3OS2. The topological polar surface area (TPSA) is 54.9 Å². The van der Waals surface area contributed by atoms with Gasteiger partial charge in [0, 0.05) is 10.3 Å². The number of hydrogen-bond donors (Lipinski definition) is 1. The Morgan fingerprint density at radius 3 is 2.75 bits per heavy atom. The summed E-state index contributed by atoms with van der Waals surface area (Å²) in [5.41, 5.74) is 3.10. The van der Waals surface area contributed by atoms with E-state index >= 15 is 0 Å². The number of thioether (sulfide) groups is 1. The normalized spacial score (nSPS) is 11.0. The van der Waals surface area contributed by atoms with E-state index in [1.807, 2.05) is 32.0 Å². The number of fused-ring (bicyclic) bond motifs is 1. The number of carbonyl (C=O) groups is 1. The molecule has 0 spiro atoms. The zero-order valence-electron chi connectivity index (χ0n) is 13.9. The number of anilines is 1. The standard InChI is InChI=1S/C18H19N3OS2/c1-4-13-9-14-7-5-6-8-15(14)20-17(13)23-10-16(22)21-18-19-11(2)12(3)24-18/h5-9H,4,10H2,1-3H3,(H,19,21,22). The van der Waals surface area contributed by atoms with Gasteiger partial charge >= 0.3 is 0 Å². The van der Waals surface area contributed by atoms with Crippen molar-refractivity contribution in [2.24, 2.45) is 0 Å². The minimum absolute atomic E-state index is 0.0502. The summed E-state index contributed by atoms with van der Waals surface area (Å²) in [5, 5.41) is 5.60. The molecule has 0 radical (unpaired) electrons. The average molecular weight is 358 g/mol. The molecule has 0 aliphatic carbocycles. The molecule has 1 N–H and O–H groups in total. The van der Waals surface area contributed by atoms with Gasteiger partial charge < -0.3 is 5.32 Å². The van der Waals surface area contributed by atoms with Crippen LogP contribution in [-0.2, 0) is 11.2 Å². The molecule has 24 heavy (non-hydrogen) atoms. The van der Waals surface area contributed by atoms with E-state index in [0.717, 1.165) is 32.9 Å². The first-order chi connectivity index (χ1) is 11.6. The molecule has 0 unspecified atom stereocenters. The Kier molecular flexibility index (Phi) is 5.16. The Morgan fingerprint density at radius 2 is 2.04 bits per heavy atom. The number of nitrogens with one attached hydrogen (secondary N) is 1. The van der Waals surface area contributed by atoms with Crippen LogP contribution in [0.1, 0.15) is 23.1 Å². The number of pyridine rings is 1. The van der Waals surface area contributed by atoms with Gasteiger partial charge in [0.2, 0.25) is 5.91 Å². The minimum atomic E-state index is -0.0502. The summed E-state index contributed by atoms with van der Waals surface area (Å²) in [7, 11) is 0. The van der Waals surface area contributed by atoms with E-state index in [1.54, 1.807) is 0 Å². The van der Waals surface area contributed by atoms with Crippen LogP contribution < -0.4 is 5.32 Å². The lowest BCUT2D eigenvalue weighted by Gasteiger charge is -2.08. The Morgan fingerprint density at radius 1 is 1.25 bits per heavy atom. The third-order valence-electron chi connectivity index (χ3n) is 3.76. The maximum absolute atomic E-state index is 12.2. The van der Waals surface area contributed by atoms with Gasteiger partial charge in [-0.15, -0.1) is 11.3 Å². The largest absolute Gasteiger partial charge is 0.301 e. The monoisotopic (exact) mass is 357 g/mol. The van der Waals surface area contributed by atoms with E-state index in [0.29, 0.717) is 10.9 Å². The van der Waals surface area contributed by atoms with Gasteiger partial charge in [-0.05, 0) is 38.0 Å². The number of hydrogen-bond acceptors (Lipinski definition) is 5. The first kappa shape index (κ1) is 16.9. The van der Waals surface area contributed by atoms with E-state index in [9.17, 15) is 4.79 Å². The quantitative estimate of drug-likeness (QED) is 0.678. The van der Waals surface area contributed by atoms with Crippen molar-refractivity contribution >= 4 is 45.0 Å². The molecule has 1 aromatic carbocycles. The molecule has 2 aromatic heterocycles. The van der Waals surface area contributed by atoms with Crippen molar-refractivity contribution in [3.05, 3.63) is 46.5 Å². The molecule has 0 saturated carbocycles. The van der Waals surface area contributed by atoms with Crippen molar-refractivity contribution in [3.8, 4) is 0 Å². The molecule has 3 aromatic rings. The maximum atomic E-state index is 12.2. The molecule has 0 saturated heterocycles.